The highest BCUT2D eigenvalue weighted by atomic mass is 35.5. The second-order valence-corrected chi connectivity index (χ2v) is 10.1. The molecule has 36 heavy (non-hydrogen) atoms. The number of piperidine rings is 1. The van der Waals surface area contributed by atoms with E-state index in [0.29, 0.717) is 30.3 Å². The first-order chi connectivity index (χ1) is 17.4. The van der Waals surface area contributed by atoms with E-state index in [0.717, 1.165) is 53.4 Å². The number of unbranched alkanes of at least 4 members (excludes halogenated alkanes) is 1. The molecule has 11 heteroatoms. The van der Waals surface area contributed by atoms with Crippen LogP contribution in [0.25, 0.3) is 10.2 Å². The number of hydrogen-bond acceptors (Lipinski definition) is 8. The third kappa shape index (κ3) is 5.82. The van der Waals surface area contributed by atoms with Gasteiger partial charge in [0, 0.05) is 25.2 Å². The summed E-state index contributed by atoms with van der Waals surface area (Å²) in [7, 11) is 0. The molecule has 0 radical (unpaired) electrons. The molecule has 1 saturated heterocycles. The van der Waals surface area contributed by atoms with E-state index in [1.54, 1.807) is 13.0 Å². The number of amides is 1. The van der Waals surface area contributed by atoms with E-state index in [9.17, 15) is 9.59 Å². The number of nitrogens with one attached hydrogen (secondary N) is 3. The Hall–Kier alpha value is -2.69. The largest absolute Gasteiger partial charge is 0.462 e. The Morgan fingerprint density at radius 2 is 2.08 bits per heavy atom. The van der Waals surface area contributed by atoms with Crippen molar-refractivity contribution >= 4 is 50.2 Å². The van der Waals surface area contributed by atoms with Gasteiger partial charge in [-0.3, -0.25) is 4.79 Å². The first kappa shape index (κ1) is 26.4. The van der Waals surface area contributed by atoms with E-state index >= 15 is 0 Å². The lowest BCUT2D eigenvalue weighted by molar-refractivity contribution is 0.0528. The van der Waals surface area contributed by atoms with Gasteiger partial charge in [-0.2, -0.15) is 0 Å². The monoisotopic (exact) mass is 532 g/mol. The molecule has 1 aliphatic rings. The molecule has 1 aromatic carbocycles. The second kappa shape index (κ2) is 12.0. The second-order valence-electron chi connectivity index (χ2n) is 8.81. The molecule has 3 aromatic rings. The number of carbonyl (C=O) groups is 2. The molecule has 0 saturated carbocycles. The van der Waals surface area contributed by atoms with Crippen molar-refractivity contribution in [1.82, 2.24) is 25.6 Å². The van der Waals surface area contributed by atoms with Crippen molar-refractivity contribution in [1.29, 1.82) is 0 Å². The van der Waals surface area contributed by atoms with Crippen molar-refractivity contribution in [2.24, 2.45) is 0 Å². The molecule has 0 bridgehead atoms. The fourth-order valence-electron chi connectivity index (χ4n) is 4.38. The van der Waals surface area contributed by atoms with Crippen LogP contribution in [0.3, 0.4) is 0 Å². The van der Waals surface area contributed by atoms with Gasteiger partial charge in [0.05, 0.1) is 28.1 Å². The summed E-state index contributed by atoms with van der Waals surface area (Å²) in [4.78, 5) is 39.6. The van der Waals surface area contributed by atoms with Crippen molar-refractivity contribution in [3.63, 3.8) is 0 Å². The molecular formula is C25H33ClN6O3S. The molecule has 194 valence electrons. The Balaban J connectivity index is 1.51. The lowest BCUT2D eigenvalue weighted by Gasteiger charge is -2.39. The first-order valence-corrected chi connectivity index (χ1v) is 13.7. The van der Waals surface area contributed by atoms with E-state index in [2.05, 4.69) is 32.4 Å². The van der Waals surface area contributed by atoms with Gasteiger partial charge in [0.25, 0.3) is 5.91 Å². The predicted molar refractivity (Wildman–Crippen MR) is 143 cm³/mol. The molecule has 4 rings (SSSR count). The van der Waals surface area contributed by atoms with Gasteiger partial charge in [-0.1, -0.05) is 49.3 Å². The Kier molecular flexibility index (Phi) is 8.81. The number of carbonyl (C=O) groups excluding carboxylic acids is 2. The lowest BCUT2D eigenvalue weighted by Crippen LogP contribution is -2.59. The number of thiazole rings is 1. The molecule has 1 aliphatic heterocycles. The van der Waals surface area contributed by atoms with Gasteiger partial charge in [0.15, 0.2) is 16.1 Å². The summed E-state index contributed by atoms with van der Waals surface area (Å²) in [5.41, 5.74) is 2.08. The van der Waals surface area contributed by atoms with Crippen LogP contribution < -0.4 is 15.5 Å². The topological polar surface area (TPSA) is 112 Å². The summed E-state index contributed by atoms with van der Waals surface area (Å²) in [6, 6.07) is 5.50. The molecule has 0 unspecified atom stereocenters. The van der Waals surface area contributed by atoms with Crippen LogP contribution in [0.15, 0.2) is 18.2 Å². The van der Waals surface area contributed by atoms with E-state index < -0.39 is 0 Å². The van der Waals surface area contributed by atoms with Gasteiger partial charge in [-0.05, 0) is 44.9 Å². The maximum atomic E-state index is 12.9. The highest BCUT2D eigenvalue weighted by Crippen LogP contribution is 2.33. The van der Waals surface area contributed by atoms with Crippen LogP contribution in [0.2, 0.25) is 5.15 Å². The molecule has 2 aromatic heterocycles. The quantitative estimate of drug-likeness (QED) is 0.265. The SMILES string of the molecule is CCCCN[C@@H]1CN(c2nc3cccc(C(=O)OCC)c3s2)CC[C@@H]1NC(=O)c1nc(Cl)c(CC)[nH]1. The zero-order valence-electron chi connectivity index (χ0n) is 20.9. The Bertz CT molecular complexity index is 1210. The molecule has 0 spiro atoms. The van der Waals surface area contributed by atoms with E-state index in [1.807, 2.05) is 19.1 Å². The van der Waals surface area contributed by atoms with Crippen LogP contribution in [0.5, 0.6) is 0 Å². The number of anilines is 1. The number of aromatic amines is 1. The smallest absolute Gasteiger partial charge is 0.339 e. The van der Waals surface area contributed by atoms with Gasteiger partial charge in [-0.25, -0.2) is 14.8 Å². The number of ether oxygens (including phenoxy) is 1. The Morgan fingerprint density at radius 3 is 2.81 bits per heavy atom. The molecule has 3 N–H and O–H groups in total. The van der Waals surface area contributed by atoms with Crippen LogP contribution in [-0.4, -0.2) is 65.2 Å². The molecule has 2 atom stereocenters. The number of H-pyrrole nitrogens is 1. The van der Waals surface area contributed by atoms with Crippen LogP contribution in [0.1, 0.15) is 66.7 Å². The Labute approximate surface area is 220 Å². The van der Waals surface area contributed by atoms with Crippen molar-refractivity contribution in [3.8, 4) is 0 Å². The van der Waals surface area contributed by atoms with Gasteiger partial charge < -0.3 is 25.3 Å². The minimum atomic E-state index is -0.330. The number of aryl methyl sites for hydroxylation is 1. The zero-order valence-corrected chi connectivity index (χ0v) is 22.5. The van der Waals surface area contributed by atoms with Gasteiger partial charge >= 0.3 is 5.97 Å². The minimum Gasteiger partial charge on any atom is -0.462 e. The lowest BCUT2D eigenvalue weighted by atomic mass is 9.99. The summed E-state index contributed by atoms with van der Waals surface area (Å²) in [6.45, 7) is 8.52. The number of aromatic nitrogens is 3. The average molecular weight is 533 g/mol. The van der Waals surface area contributed by atoms with Gasteiger partial charge in [0.1, 0.15) is 0 Å². The molecule has 0 aliphatic carbocycles. The van der Waals surface area contributed by atoms with E-state index in [-0.39, 0.29) is 29.8 Å². The number of benzene rings is 1. The van der Waals surface area contributed by atoms with Crippen LogP contribution in [0.4, 0.5) is 5.13 Å². The number of nitrogens with zero attached hydrogens (tertiary/aromatic N) is 3. The van der Waals surface area contributed by atoms with Crippen molar-refractivity contribution in [2.75, 3.05) is 31.1 Å². The number of esters is 1. The molecule has 3 heterocycles. The van der Waals surface area contributed by atoms with Crippen molar-refractivity contribution < 1.29 is 14.3 Å². The molecule has 1 fully saturated rings. The Morgan fingerprint density at radius 1 is 1.25 bits per heavy atom. The third-order valence-corrected chi connectivity index (χ3v) is 7.81. The number of hydrogen-bond donors (Lipinski definition) is 3. The molecule has 1 amide bonds. The fraction of sp³-hybridized carbons (Fsp3) is 0.520. The molecular weight excluding hydrogens is 500 g/mol. The van der Waals surface area contributed by atoms with Crippen molar-refractivity contribution in [3.05, 3.63) is 40.4 Å². The molecule has 9 nitrogen and oxygen atoms in total. The highest BCUT2D eigenvalue weighted by molar-refractivity contribution is 7.22. The van der Waals surface area contributed by atoms with Crippen molar-refractivity contribution in [2.45, 2.75) is 58.5 Å². The highest BCUT2D eigenvalue weighted by Gasteiger charge is 2.32. The summed E-state index contributed by atoms with van der Waals surface area (Å²) in [5, 5.41) is 7.98. The van der Waals surface area contributed by atoms with Gasteiger partial charge in [0.2, 0.25) is 0 Å². The summed E-state index contributed by atoms with van der Waals surface area (Å²) in [5.74, 6) is -0.344. The predicted octanol–water partition coefficient (Wildman–Crippen LogP) is 4.18. The van der Waals surface area contributed by atoms with Crippen LogP contribution in [-0.2, 0) is 11.2 Å². The van der Waals surface area contributed by atoms with Gasteiger partial charge in [-0.15, -0.1) is 0 Å². The summed E-state index contributed by atoms with van der Waals surface area (Å²) < 4.78 is 6.06. The fourth-order valence-corrected chi connectivity index (χ4v) is 5.74. The normalized spacial score (nSPS) is 17.9. The van der Waals surface area contributed by atoms with Crippen LogP contribution >= 0.6 is 22.9 Å². The standard InChI is InChI=1S/C25H33ClN6O3S/c1-4-7-12-27-19-14-32(13-11-17(19)29-23(33)22-28-16(5-2)21(26)31-22)25-30-18-10-8-9-15(20(18)36-25)24(34)35-6-3/h8-10,17,19,27H,4-7,11-14H2,1-3H3,(H,28,31)(H,29,33)/t17-,19+/m0/s1. The third-order valence-electron chi connectivity index (χ3n) is 6.33. The number of halogens is 1. The zero-order chi connectivity index (χ0) is 25.7. The summed E-state index contributed by atoms with van der Waals surface area (Å²) >= 11 is 7.64. The van der Waals surface area contributed by atoms with E-state index in [4.69, 9.17) is 21.3 Å². The number of imidazole rings is 1. The van der Waals surface area contributed by atoms with Crippen LogP contribution in [0, 0.1) is 0 Å². The minimum absolute atomic E-state index is 0.0295. The average Bonchev–Trinajstić information content (AvgIpc) is 3.48. The number of fused-ring (bicyclic) bond motifs is 1. The maximum absolute atomic E-state index is 12.9. The number of rotatable bonds is 10. The van der Waals surface area contributed by atoms with E-state index in [1.165, 1.54) is 11.3 Å². The summed E-state index contributed by atoms with van der Waals surface area (Å²) in [6.07, 6.45) is 3.55. The maximum Gasteiger partial charge on any atom is 0.339 e. The first-order valence-electron chi connectivity index (χ1n) is 12.5.